The number of nitrogens with one attached hydrogen (secondary N) is 2. The van der Waals surface area contributed by atoms with Gasteiger partial charge in [0.25, 0.3) is 0 Å². The first-order chi connectivity index (χ1) is 13.7. The normalized spacial score (nSPS) is 10.4. The fraction of sp³-hybridized carbons (Fsp3) is 0.435. The zero-order valence-electron chi connectivity index (χ0n) is 17.0. The number of carbonyl (C=O) groups is 1. The van der Waals surface area contributed by atoms with Crippen LogP contribution in [0, 0.1) is 0 Å². The monoisotopic (exact) mass is 384 g/mol. The van der Waals surface area contributed by atoms with Gasteiger partial charge in [0.2, 0.25) is 5.91 Å². The summed E-state index contributed by atoms with van der Waals surface area (Å²) in [5.74, 6) is 1.53. The Balaban J connectivity index is 1.72. The van der Waals surface area contributed by atoms with E-state index >= 15 is 0 Å². The fourth-order valence-corrected chi connectivity index (χ4v) is 2.66. The molecule has 0 bridgehead atoms. The van der Waals surface area contributed by atoms with E-state index in [0.29, 0.717) is 6.61 Å². The Bertz CT molecular complexity index is 701. The summed E-state index contributed by atoms with van der Waals surface area (Å²) in [5.41, 5.74) is 1.61. The van der Waals surface area contributed by atoms with Gasteiger partial charge in [-0.1, -0.05) is 39.2 Å². The lowest BCUT2D eigenvalue weighted by Gasteiger charge is -2.11. The Morgan fingerprint density at radius 1 is 0.821 bits per heavy atom. The maximum Gasteiger partial charge on any atom is 0.243 e. The van der Waals surface area contributed by atoms with Crippen molar-refractivity contribution in [3.63, 3.8) is 0 Å². The summed E-state index contributed by atoms with van der Waals surface area (Å²) in [4.78, 5) is 12.2. The van der Waals surface area contributed by atoms with Crippen LogP contribution in [-0.4, -0.2) is 25.7 Å². The van der Waals surface area contributed by atoms with Crippen molar-refractivity contribution >= 4 is 17.3 Å². The summed E-state index contributed by atoms with van der Waals surface area (Å²) < 4.78 is 11.3. The highest BCUT2D eigenvalue weighted by molar-refractivity contribution is 5.93. The van der Waals surface area contributed by atoms with Crippen LogP contribution >= 0.6 is 0 Å². The number of hydrogen-bond acceptors (Lipinski definition) is 4. The molecule has 0 aromatic heterocycles. The van der Waals surface area contributed by atoms with Crippen molar-refractivity contribution in [1.29, 1.82) is 0 Å². The lowest BCUT2D eigenvalue weighted by Crippen LogP contribution is -2.21. The Morgan fingerprint density at radius 2 is 1.61 bits per heavy atom. The van der Waals surface area contributed by atoms with Crippen LogP contribution in [0.25, 0.3) is 0 Å². The molecule has 0 saturated carbocycles. The molecule has 0 fully saturated rings. The summed E-state index contributed by atoms with van der Waals surface area (Å²) in [7, 11) is 0. The van der Waals surface area contributed by atoms with Crippen LogP contribution in [0.15, 0.2) is 48.5 Å². The van der Waals surface area contributed by atoms with Crippen LogP contribution in [0.3, 0.4) is 0 Å². The van der Waals surface area contributed by atoms with Gasteiger partial charge >= 0.3 is 0 Å². The quantitative estimate of drug-likeness (QED) is 0.449. The van der Waals surface area contributed by atoms with Gasteiger partial charge in [-0.05, 0) is 49.2 Å². The van der Waals surface area contributed by atoms with Gasteiger partial charge in [0.15, 0.2) is 0 Å². The predicted molar refractivity (Wildman–Crippen MR) is 115 cm³/mol. The minimum atomic E-state index is -0.104. The van der Waals surface area contributed by atoms with Crippen LogP contribution in [0.5, 0.6) is 11.5 Å². The van der Waals surface area contributed by atoms with Gasteiger partial charge in [-0.15, -0.1) is 0 Å². The minimum absolute atomic E-state index is 0.104. The fourth-order valence-electron chi connectivity index (χ4n) is 2.66. The number of rotatable bonds is 13. The van der Waals surface area contributed by atoms with Crippen molar-refractivity contribution in [2.75, 3.05) is 30.4 Å². The molecule has 0 aliphatic rings. The minimum Gasteiger partial charge on any atom is -0.494 e. The number of carbonyl (C=O) groups excluding carboxylic acids is 1. The van der Waals surface area contributed by atoms with Crippen LogP contribution < -0.4 is 20.1 Å². The highest BCUT2D eigenvalue weighted by atomic mass is 16.5. The smallest absolute Gasteiger partial charge is 0.243 e. The van der Waals surface area contributed by atoms with Crippen molar-refractivity contribution in [2.24, 2.45) is 0 Å². The lowest BCUT2D eigenvalue weighted by atomic mass is 10.2. The third-order valence-electron chi connectivity index (χ3n) is 4.16. The van der Waals surface area contributed by atoms with E-state index in [0.717, 1.165) is 42.3 Å². The van der Waals surface area contributed by atoms with Crippen LogP contribution in [-0.2, 0) is 4.79 Å². The first kappa shape index (κ1) is 21.6. The van der Waals surface area contributed by atoms with Gasteiger partial charge in [-0.2, -0.15) is 0 Å². The van der Waals surface area contributed by atoms with Crippen molar-refractivity contribution in [3.8, 4) is 11.5 Å². The van der Waals surface area contributed by atoms with E-state index in [9.17, 15) is 4.79 Å². The van der Waals surface area contributed by atoms with Crippen molar-refractivity contribution < 1.29 is 14.3 Å². The summed E-state index contributed by atoms with van der Waals surface area (Å²) in [5, 5.41) is 6.00. The Kier molecular flexibility index (Phi) is 9.76. The van der Waals surface area contributed by atoms with Crippen molar-refractivity contribution in [3.05, 3.63) is 48.5 Å². The first-order valence-electron chi connectivity index (χ1n) is 10.2. The van der Waals surface area contributed by atoms with Gasteiger partial charge < -0.3 is 20.1 Å². The Labute approximate surface area is 168 Å². The number of benzene rings is 2. The Hall–Kier alpha value is -2.69. The third kappa shape index (κ3) is 8.33. The average Bonchev–Trinajstić information content (AvgIpc) is 2.72. The van der Waals surface area contributed by atoms with Crippen molar-refractivity contribution in [1.82, 2.24) is 0 Å². The molecule has 0 radical (unpaired) electrons. The zero-order valence-corrected chi connectivity index (χ0v) is 17.0. The first-order valence-corrected chi connectivity index (χ1v) is 10.2. The number of anilines is 2. The second-order valence-corrected chi connectivity index (χ2v) is 6.71. The standard InChI is InChI=1S/C23H32N2O3/c1-3-5-6-7-16-28-21-13-11-19(12-14-21)25-23(26)18-24-20-9-8-10-22(17-20)27-15-4-2/h8-14,17,24H,3-7,15-16,18H2,1-2H3,(H,25,26). The van der Waals surface area contributed by atoms with E-state index in [1.165, 1.54) is 19.3 Å². The molecule has 2 aromatic rings. The molecule has 0 unspecified atom stereocenters. The molecule has 2 N–H and O–H groups in total. The van der Waals surface area contributed by atoms with E-state index in [1.54, 1.807) is 0 Å². The summed E-state index contributed by atoms with van der Waals surface area (Å²) in [6.45, 7) is 5.87. The third-order valence-corrected chi connectivity index (χ3v) is 4.16. The molecule has 5 heteroatoms. The van der Waals surface area contributed by atoms with E-state index in [4.69, 9.17) is 9.47 Å². The molecule has 2 aromatic carbocycles. The number of amides is 1. The predicted octanol–water partition coefficient (Wildman–Crippen LogP) is 5.49. The largest absolute Gasteiger partial charge is 0.494 e. The summed E-state index contributed by atoms with van der Waals surface area (Å²) in [6.07, 6.45) is 5.70. The number of unbranched alkanes of at least 4 members (excludes halogenated alkanes) is 3. The Morgan fingerprint density at radius 3 is 2.36 bits per heavy atom. The van der Waals surface area contributed by atoms with Crippen LogP contribution in [0.2, 0.25) is 0 Å². The van der Waals surface area contributed by atoms with Gasteiger partial charge in [-0.25, -0.2) is 0 Å². The molecular weight excluding hydrogens is 352 g/mol. The number of ether oxygens (including phenoxy) is 2. The lowest BCUT2D eigenvalue weighted by molar-refractivity contribution is -0.114. The summed E-state index contributed by atoms with van der Waals surface area (Å²) >= 11 is 0. The van der Waals surface area contributed by atoms with E-state index in [1.807, 2.05) is 48.5 Å². The SMILES string of the molecule is CCCCCCOc1ccc(NC(=O)CNc2cccc(OCCC)c2)cc1. The number of hydrogen-bond donors (Lipinski definition) is 2. The van der Waals surface area contributed by atoms with Gasteiger partial charge in [0.1, 0.15) is 11.5 Å². The molecule has 0 spiro atoms. The van der Waals surface area contributed by atoms with Gasteiger partial charge in [0.05, 0.1) is 19.8 Å². The van der Waals surface area contributed by atoms with Gasteiger partial charge in [-0.3, -0.25) is 4.79 Å². The summed E-state index contributed by atoms with van der Waals surface area (Å²) in [6, 6.07) is 15.1. The molecule has 0 saturated heterocycles. The maximum atomic E-state index is 12.2. The molecular formula is C23H32N2O3. The van der Waals surface area contributed by atoms with E-state index in [-0.39, 0.29) is 12.5 Å². The van der Waals surface area contributed by atoms with Gasteiger partial charge in [0, 0.05) is 17.4 Å². The second-order valence-electron chi connectivity index (χ2n) is 6.71. The molecule has 0 heterocycles. The zero-order chi connectivity index (χ0) is 20.0. The van der Waals surface area contributed by atoms with E-state index < -0.39 is 0 Å². The van der Waals surface area contributed by atoms with Crippen molar-refractivity contribution in [2.45, 2.75) is 46.0 Å². The molecule has 2 rings (SSSR count). The maximum absolute atomic E-state index is 12.2. The molecule has 5 nitrogen and oxygen atoms in total. The molecule has 0 atom stereocenters. The molecule has 28 heavy (non-hydrogen) atoms. The average molecular weight is 385 g/mol. The highest BCUT2D eigenvalue weighted by Gasteiger charge is 2.04. The van der Waals surface area contributed by atoms with Crippen LogP contribution in [0.1, 0.15) is 46.0 Å². The molecule has 152 valence electrons. The highest BCUT2D eigenvalue weighted by Crippen LogP contribution is 2.18. The van der Waals surface area contributed by atoms with E-state index in [2.05, 4.69) is 24.5 Å². The topological polar surface area (TPSA) is 59.6 Å². The second kappa shape index (κ2) is 12.7. The van der Waals surface area contributed by atoms with Crippen LogP contribution in [0.4, 0.5) is 11.4 Å². The molecule has 0 aliphatic heterocycles. The molecule has 1 amide bonds. The molecule has 0 aliphatic carbocycles.